The van der Waals surface area contributed by atoms with E-state index in [9.17, 15) is 0 Å². The Balaban J connectivity index is 1.78. The lowest BCUT2D eigenvalue weighted by atomic mass is 9.96. The van der Waals surface area contributed by atoms with Gasteiger partial charge in [-0.15, -0.1) is 0 Å². The first kappa shape index (κ1) is 14.2. The zero-order valence-electron chi connectivity index (χ0n) is 12.6. The molecule has 0 spiro atoms. The molecule has 110 valence electrons. The van der Waals surface area contributed by atoms with Crippen molar-refractivity contribution in [3.8, 4) is 5.75 Å². The third-order valence-electron chi connectivity index (χ3n) is 4.24. The minimum atomic E-state index is -0.0211. The van der Waals surface area contributed by atoms with Crippen molar-refractivity contribution in [2.24, 2.45) is 5.73 Å². The number of hydrogen-bond acceptors (Lipinski definition) is 2. The van der Waals surface area contributed by atoms with Crippen LogP contribution in [0.1, 0.15) is 41.6 Å². The average Bonchev–Trinajstić information content (AvgIpc) is 2.95. The number of nitrogens with two attached hydrogens (primary N) is 1. The van der Waals surface area contributed by atoms with Crippen molar-refractivity contribution in [2.45, 2.75) is 38.6 Å². The van der Waals surface area contributed by atoms with E-state index < -0.39 is 0 Å². The van der Waals surface area contributed by atoms with Crippen molar-refractivity contribution in [3.63, 3.8) is 0 Å². The van der Waals surface area contributed by atoms with Gasteiger partial charge in [-0.3, -0.25) is 0 Å². The number of aryl methyl sites for hydroxylation is 2. The Bertz CT molecular complexity index is 621. The number of hydrogen-bond donors (Lipinski definition) is 1. The van der Waals surface area contributed by atoms with Gasteiger partial charge in [0.2, 0.25) is 0 Å². The molecule has 2 heteroatoms. The normalized spacial score (nSPS) is 14.8. The predicted molar refractivity (Wildman–Crippen MR) is 86.7 cm³/mol. The molecule has 2 N–H and O–H groups in total. The Labute approximate surface area is 126 Å². The molecule has 0 saturated heterocycles. The summed E-state index contributed by atoms with van der Waals surface area (Å²) in [5.74, 6) is 0.911. The van der Waals surface area contributed by atoms with Crippen molar-refractivity contribution < 1.29 is 4.74 Å². The van der Waals surface area contributed by atoms with Crippen molar-refractivity contribution >= 4 is 0 Å². The van der Waals surface area contributed by atoms with Gasteiger partial charge in [0, 0.05) is 11.6 Å². The Morgan fingerprint density at radius 3 is 2.76 bits per heavy atom. The van der Waals surface area contributed by atoms with Crippen LogP contribution >= 0.6 is 0 Å². The van der Waals surface area contributed by atoms with Crippen LogP contribution in [0, 0.1) is 0 Å². The number of fused-ring (bicyclic) bond motifs is 1. The maximum absolute atomic E-state index is 6.42. The zero-order valence-corrected chi connectivity index (χ0v) is 12.6. The minimum Gasteiger partial charge on any atom is -0.494 e. The third kappa shape index (κ3) is 3.11. The van der Waals surface area contributed by atoms with Gasteiger partial charge in [-0.25, -0.2) is 0 Å². The van der Waals surface area contributed by atoms with Crippen LogP contribution in [-0.2, 0) is 19.3 Å². The molecule has 2 nitrogen and oxygen atoms in total. The van der Waals surface area contributed by atoms with Gasteiger partial charge in [-0.2, -0.15) is 0 Å². The summed E-state index contributed by atoms with van der Waals surface area (Å²) in [7, 11) is 0. The van der Waals surface area contributed by atoms with E-state index in [1.54, 1.807) is 0 Å². The topological polar surface area (TPSA) is 35.2 Å². The summed E-state index contributed by atoms with van der Waals surface area (Å²) in [6.45, 7) is 2.67. The monoisotopic (exact) mass is 281 g/mol. The second kappa shape index (κ2) is 6.31. The van der Waals surface area contributed by atoms with E-state index in [1.807, 2.05) is 25.1 Å². The maximum Gasteiger partial charge on any atom is 0.124 e. The van der Waals surface area contributed by atoms with E-state index in [4.69, 9.17) is 10.5 Å². The summed E-state index contributed by atoms with van der Waals surface area (Å²) in [4.78, 5) is 0. The highest BCUT2D eigenvalue weighted by atomic mass is 16.5. The van der Waals surface area contributed by atoms with E-state index in [1.165, 1.54) is 36.0 Å². The maximum atomic E-state index is 6.42. The highest BCUT2D eigenvalue weighted by molar-refractivity contribution is 5.39. The molecule has 0 aromatic heterocycles. The molecule has 0 radical (unpaired) electrons. The Morgan fingerprint density at radius 1 is 1.10 bits per heavy atom. The largest absolute Gasteiger partial charge is 0.494 e. The number of rotatable bonds is 5. The SMILES string of the molecule is CCOc1ccccc1C(N)Cc1ccc2c(c1)CCC2. The van der Waals surface area contributed by atoms with Gasteiger partial charge in [-0.1, -0.05) is 36.4 Å². The summed E-state index contributed by atoms with van der Waals surface area (Å²) in [5.41, 5.74) is 11.9. The Morgan fingerprint density at radius 2 is 1.90 bits per heavy atom. The average molecular weight is 281 g/mol. The molecule has 1 aliphatic rings. The minimum absolute atomic E-state index is 0.0211. The standard InChI is InChI=1S/C19H23NO/c1-2-21-19-9-4-3-8-17(19)18(20)13-14-10-11-15-6-5-7-16(15)12-14/h3-4,8-12,18H,2,5-7,13,20H2,1H3. The quantitative estimate of drug-likeness (QED) is 0.904. The molecule has 1 aliphatic carbocycles. The van der Waals surface area contributed by atoms with Crippen molar-refractivity contribution in [2.75, 3.05) is 6.61 Å². The molecule has 0 saturated carbocycles. The first-order chi connectivity index (χ1) is 10.3. The molecule has 2 aromatic carbocycles. The third-order valence-corrected chi connectivity index (χ3v) is 4.24. The second-order valence-corrected chi connectivity index (χ2v) is 5.74. The first-order valence-electron chi connectivity index (χ1n) is 7.86. The lowest BCUT2D eigenvalue weighted by Crippen LogP contribution is -2.15. The molecule has 2 aromatic rings. The van der Waals surface area contributed by atoms with Gasteiger partial charge >= 0.3 is 0 Å². The summed E-state index contributed by atoms with van der Waals surface area (Å²) >= 11 is 0. The van der Waals surface area contributed by atoms with Gasteiger partial charge in [0.25, 0.3) is 0 Å². The van der Waals surface area contributed by atoms with Crippen LogP contribution in [0.5, 0.6) is 5.75 Å². The molecule has 0 amide bonds. The van der Waals surface area contributed by atoms with Gasteiger partial charge in [-0.05, 0) is 55.4 Å². The molecule has 3 rings (SSSR count). The molecule has 1 unspecified atom stereocenters. The molecule has 0 aliphatic heterocycles. The van der Waals surface area contributed by atoms with Gasteiger partial charge < -0.3 is 10.5 Å². The van der Waals surface area contributed by atoms with Crippen LogP contribution in [0.25, 0.3) is 0 Å². The van der Waals surface area contributed by atoms with E-state index >= 15 is 0 Å². The highest BCUT2D eigenvalue weighted by Crippen LogP contribution is 2.28. The molecule has 0 bridgehead atoms. The number of para-hydroxylation sites is 1. The molecule has 0 fully saturated rings. The van der Waals surface area contributed by atoms with Crippen LogP contribution in [-0.4, -0.2) is 6.61 Å². The Hall–Kier alpha value is -1.80. The van der Waals surface area contributed by atoms with E-state index in [2.05, 4.69) is 24.3 Å². The van der Waals surface area contributed by atoms with E-state index in [0.29, 0.717) is 6.61 Å². The molecular weight excluding hydrogens is 258 g/mol. The number of benzene rings is 2. The van der Waals surface area contributed by atoms with Crippen LogP contribution in [0.15, 0.2) is 42.5 Å². The van der Waals surface area contributed by atoms with Crippen LogP contribution < -0.4 is 10.5 Å². The fourth-order valence-electron chi connectivity index (χ4n) is 3.19. The molecule has 21 heavy (non-hydrogen) atoms. The fourth-order valence-corrected chi connectivity index (χ4v) is 3.19. The summed E-state index contributed by atoms with van der Waals surface area (Å²) in [6.07, 6.45) is 4.60. The first-order valence-corrected chi connectivity index (χ1v) is 7.86. The van der Waals surface area contributed by atoms with Gasteiger partial charge in [0.1, 0.15) is 5.75 Å². The van der Waals surface area contributed by atoms with Crippen LogP contribution in [0.4, 0.5) is 0 Å². The van der Waals surface area contributed by atoms with Crippen LogP contribution in [0.2, 0.25) is 0 Å². The molecule has 0 heterocycles. The van der Waals surface area contributed by atoms with E-state index in [0.717, 1.165) is 17.7 Å². The van der Waals surface area contributed by atoms with E-state index in [-0.39, 0.29) is 6.04 Å². The van der Waals surface area contributed by atoms with Crippen molar-refractivity contribution in [1.29, 1.82) is 0 Å². The molecular formula is C19H23NO. The summed E-state index contributed by atoms with van der Waals surface area (Å²) < 4.78 is 5.69. The Kier molecular flexibility index (Phi) is 4.26. The smallest absolute Gasteiger partial charge is 0.124 e. The van der Waals surface area contributed by atoms with Crippen molar-refractivity contribution in [3.05, 3.63) is 64.7 Å². The lowest BCUT2D eigenvalue weighted by Gasteiger charge is -2.17. The van der Waals surface area contributed by atoms with Crippen molar-refractivity contribution in [1.82, 2.24) is 0 Å². The predicted octanol–water partition coefficient (Wildman–Crippen LogP) is 3.82. The second-order valence-electron chi connectivity index (χ2n) is 5.74. The zero-order chi connectivity index (χ0) is 14.7. The lowest BCUT2D eigenvalue weighted by molar-refractivity contribution is 0.334. The van der Waals surface area contributed by atoms with Gasteiger partial charge in [0.15, 0.2) is 0 Å². The summed E-state index contributed by atoms with van der Waals surface area (Å²) in [6, 6.07) is 14.9. The van der Waals surface area contributed by atoms with Crippen LogP contribution in [0.3, 0.4) is 0 Å². The van der Waals surface area contributed by atoms with Gasteiger partial charge in [0.05, 0.1) is 6.61 Å². The highest BCUT2D eigenvalue weighted by Gasteiger charge is 2.15. The molecule has 1 atom stereocenters. The number of ether oxygens (including phenoxy) is 1. The summed E-state index contributed by atoms with van der Waals surface area (Å²) in [5, 5.41) is 0. The fraction of sp³-hybridized carbons (Fsp3) is 0.368.